The Morgan fingerprint density at radius 1 is 1.04 bits per heavy atom. The summed E-state index contributed by atoms with van der Waals surface area (Å²) in [5, 5.41) is 9.77. The lowest BCUT2D eigenvalue weighted by molar-refractivity contribution is -0.120. The smallest absolute Gasteiger partial charge is 0.227 e. The van der Waals surface area contributed by atoms with Crippen molar-refractivity contribution >= 4 is 35.4 Å². The molecule has 1 saturated heterocycles. The molecule has 2 aromatic rings. The van der Waals surface area contributed by atoms with Crippen molar-refractivity contribution in [2.24, 2.45) is 5.92 Å². The van der Waals surface area contributed by atoms with Gasteiger partial charge in [0.05, 0.1) is 0 Å². The summed E-state index contributed by atoms with van der Waals surface area (Å²) in [6.07, 6.45) is 1.80. The van der Waals surface area contributed by atoms with Crippen LogP contribution in [0.3, 0.4) is 0 Å². The lowest BCUT2D eigenvalue weighted by atomic mass is 9.92. The Bertz CT molecular complexity index is 663. The first-order valence-electron chi connectivity index (χ1n) is 8.17. The second kappa shape index (κ2) is 8.71. The van der Waals surface area contributed by atoms with Crippen molar-refractivity contribution in [1.82, 2.24) is 5.32 Å². The minimum atomic E-state index is 0. The molecule has 3 rings (SSSR count). The molecule has 1 aliphatic rings. The molecule has 128 valence electrons. The first-order chi connectivity index (χ1) is 11.2. The van der Waals surface area contributed by atoms with E-state index < -0.39 is 0 Å². The molecule has 3 N–H and O–H groups in total. The molecule has 1 aliphatic heterocycles. The van der Waals surface area contributed by atoms with E-state index in [-0.39, 0.29) is 24.2 Å². The van der Waals surface area contributed by atoms with Crippen LogP contribution in [0.5, 0.6) is 0 Å². The van der Waals surface area contributed by atoms with Gasteiger partial charge in [0.2, 0.25) is 5.91 Å². The topological polar surface area (TPSA) is 53.2 Å². The maximum Gasteiger partial charge on any atom is 0.227 e. The molecule has 0 unspecified atom stereocenters. The number of nitrogens with one attached hydrogen (secondary N) is 3. The van der Waals surface area contributed by atoms with Crippen LogP contribution in [0, 0.1) is 5.92 Å². The Balaban J connectivity index is 0.00000208. The summed E-state index contributed by atoms with van der Waals surface area (Å²) in [5.74, 6) is 0.215. The normalized spacial score (nSPS) is 19.9. The van der Waals surface area contributed by atoms with Gasteiger partial charge in [-0.25, -0.2) is 0 Å². The fourth-order valence-corrected chi connectivity index (χ4v) is 2.98. The Labute approximate surface area is 149 Å². The highest BCUT2D eigenvalue weighted by atomic mass is 35.5. The molecule has 1 heterocycles. The summed E-state index contributed by atoms with van der Waals surface area (Å²) in [7, 11) is 0. The summed E-state index contributed by atoms with van der Waals surface area (Å²) >= 11 is 0. The number of para-hydroxylation sites is 1. The van der Waals surface area contributed by atoms with Crippen LogP contribution >= 0.6 is 12.4 Å². The van der Waals surface area contributed by atoms with Gasteiger partial charge in [0, 0.05) is 29.0 Å². The van der Waals surface area contributed by atoms with E-state index in [4.69, 9.17) is 0 Å². The average molecular weight is 346 g/mol. The van der Waals surface area contributed by atoms with Gasteiger partial charge in [0.25, 0.3) is 0 Å². The highest BCUT2D eigenvalue weighted by molar-refractivity contribution is 5.93. The third-order valence-corrected chi connectivity index (χ3v) is 4.19. The van der Waals surface area contributed by atoms with Crippen molar-refractivity contribution in [2.45, 2.75) is 25.8 Å². The molecule has 1 amide bonds. The zero-order chi connectivity index (χ0) is 16.1. The maximum absolute atomic E-state index is 12.4. The van der Waals surface area contributed by atoms with Crippen LogP contribution in [-0.2, 0) is 4.79 Å². The maximum atomic E-state index is 12.4. The molecule has 1 fully saturated rings. The predicted octanol–water partition coefficient (Wildman–Crippen LogP) is 4.18. The van der Waals surface area contributed by atoms with Gasteiger partial charge in [-0.3, -0.25) is 4.79 Å². The Morgan fingerprint density at radius 2 is 1.75 bits per heavy atom. The number of rotatable bonds is 4. The van der Waals surface area contributed by atoms with Gasteiger partial charge in [-0.15, -0.1) is 12.4 Å². The summed E-state index contributed by atoms with van der Waals surface area (Å²) in [6, 6.07) is 18.3. The molecule has 5 heteroatoms. The number of hydrogen-bond donors (Lipinski definition) is 3. The van der Waals surface area contributed by atoms with E-state index in [0.29, 0.717) is 6.04 Å². The van der Waals surface area contributed by atoms with E-state index >= 15 is 0 Å². The van der Waals surface area contributed by atoms with Gasteiger partial charge in [-0.1, -0.05) is 24.3 Å². The van der Waals surface area contributed by atoms with Gasteiger partial charge in [0.1, 0.15) is 0 Å². The molecule has 2 atom stereocenters. The van der Waals surface area contributed by atoms with E-state index in [9.17, 15) is 4.79 Å². The monoisotopic (exact) mass is 345 g/mol. The van der Waals surface area contributed by atoms with Gasteiger partial charge < -0.3 is 16.0 Å². The first-order valence-corrected chi connectivity index (χ1v) is 8.17. The molecule has 0 bridgehead atoms. The lowest BCUT2D eigenvalue weighted by Gasteiger charge is -2.27. The van der Waals surface area contributed by atoms with Crippen LogP contribution in [0.25, 0.3) is 0 Å². The van der Waals surface area contributed by atoms with Gasteiger partial charge in [-0.2, -0.15) is 0 Å². The molecular weight excluding hydrogens is 322 g/mol. The molecule has 0 radical (unpaired) electrons. The highest BCUT2D eigenvalue weighted by Crippen LogP contribution is 2.22. The summed E-state index contributed by atoms with van der Waals surface area (Å²) in [4.78, 5) is 12.4. The van der Waals surface area contributed by atoms with Crippen molar-refractivity contribution in [2.75, 3.05) is 17.2 Å². The zero-order valence-electron chi connectivity index (χ0n) is 13.8. The van der Waals surface area contributed by atoms with Gasteiger partial charge >= 0.3 is 0 Å². The van der Waals surface area contributed by atoms with Crippen LogP contribution < -0.4 is 16.0 Å². The van der Waals surface area contributed by atoms with Gasteiger partial charge in [0.15, 0.2) is 0 Å². The van der Waals surface area contributed by atoms with Crippen molar-refractivity contribution in [3.63, 3.8) is 0 Å². The number of carbonyl (C=O) groups is 1. The van der Waals surface area contributed by atoms with E-state index in [1.165, 1.54) is 0 Å². The molecule has 0 aliphatic carbocycles. The first kappa shape index (κ1) is 18.3. The SMILES string of the molecule is C[C@H]1C[C@@H](C(=O)Nc2cccc(Nc3ccccc3)c2)CCN1.Cl. The molecule has 24 heavy (non-hydrogen) atoms. The molecule has 0 spiro atoms. The summed E-state index contributed by atoms with van der Waals surface area (Å²) in [5.41, 5.74) is 2.83. The van der Waals surface area contributed by atoms with Gasteiger partial charge in [-0.05, 0) is 56.6 Å². The van der Waals surface area contributed by atoms with Crippen molar-refractivity contribution in [3.05, 3.63) is 54.6 Å². The van der Waals surface area contributed by atoms with Crippen molar-refractivity contribution < 1.29 is 4.79 Å². The van der Waals surface area contributed by atoms with Crippen LogP contribution in [0.15, 0.2) is 54.6 Å². The quantitative estimate of drug-likeness (QED) is 0.779. The third kappa shape index (κ3) is 4.98. The standard InChI is InChI=1S/C19H23N3O.ClH/c1-14-12-15(10-11-20-14)19(23)22-18-9-5-8-17(13-18)21-16-6-3-2-4-7-16;/h2-9,13-15,20-21H,10-12H2,1H3,(H,22,23);1H/t14-,15-;/m0./s1. The minimum Gasteiger partial charge on any atom is -0.355 e. The number of anilines is 3. The largest absolute Gasteiger partial charge is 0.355 e. The lowest BCUT2D eigenvalue weighted by Crippen LogP contribution is -2.40. The van der Waals surface area contributed by atoms with E-state index in [0.717, 1.165) is 36.4 Å². The minimum absolute atomic E-state index is 0. The average Bonchev–Trinajstić information content (AvgIpc) is 2.56. The van der Waals surface area contributed by atoms with Crippen molar-refractivity contribution in [3.8, 4) is 0 Å². The molecule has 2 aromatic carbocycles. The van der Waals surface area contributed by atoms with Crippen LogP contribution in [0.2, 0.25) is 0 Å². The number of benzene rings is 2. The number of halogens is 1. The highest BCUT2D eigenvalue weighted by Gasteiger charge is 2.24. The predicted molar refractivity (Wildman–Crippen MR) is 102 cm³/mol. The molecule has 4 nitrogen and oxygen atoms in total. The summed E-state index contributed by atoms with van der Waals surface area (Å²) in [6.45, 7) is 3.04. The van der Waals surface area contributed by atoms with Crippen molar-refractivity contribution in [1.29, 1.82) is 0 Å². The fraction of sp³-hybridized carbons (Fsp3) is 0.316. The molecule has 0 saturated carbocycles. The zero-order valence-corrected chi connectivity index (χ0v) is 14.6. The Hall–Kier alpha value is -2.04. The second-order valence-electron chi connectivity index (χ2n) is 6.14. The number of piperidine rings is 1. The Kier molecular flexibility index (Phi) is 6.64. The fourth-order valence-electron chi connectivity index (χ4n) is 2.98. The van der Waals surface area contributed by atoms with Crippen LogP contribution in [0.1, 0.15) is 19.8 Å². The Morgan fingerprint density at radius 3 is 2.50 bits per heavy atom. The van der Waals surface area contributed by atoms with E-state index in [1.807, 2.05) is 54.6 Å². The molecular formula is C19H24ClN3O. The summed E-state index contributed by atoms with van der Waals surface area (Å²) < 4.78 is 0. The number of carbonyl (C=O) groups excluding carboxylic acids is 1. The molecule has 0 aromatic heterocycles. The van der Waals surface area contributed by atoms with E-state index in [2.05, 4.69) is 22.9 Å². The number of amides is 1. The third-order valence-electron chi connectivity index (χ3n) is 4.19. The van der Waals surface area contributed by atoms with Crippen LogP contribution in [0.4, 0.5) is 17.1 Å². The number of hydrogen-bond acceptors (Lipinski definition) is 3. The van der Waals surface area contributed by atoms with E-state index in [1.54, 1.807) is 0 Å². The second-order valence-corrected chi connectivity index (χ2v) is 6.14. The van der Waals surface area contributed by atoms with Crippen LogP contribution in [-0.4, -0.2) is 18.5 Å².